The number of aliphatic hydroxyl groups is 1. The van der Waals surface area contributed by atoms with Crippen LogP contribution in [-0.4, -0.2) is 34.7 Å². The van der Waals surface area contributed by atoms with Gasteiger partial charge in [-0.15, -0.1) is 0 Å². The predicted octanol–water partition coefficient (Wildman–Crippen LogP) is 4.93. The molecule has 0 aromatic heterocycles. The van der Waals surface area contributed by atoms with Crippen LogP contribution in [0.2, 0.25) is 10.0 Å². The largest absolute Gasteiger partial charge is 0.390 e. The van der Waals surface area contributed by atoms with Gasteiger partial charge in [0.2, 0.25) is 0 Å². The molecule has 0 spiro atoms. The molecule has 3 rings (SSSR count). The first-order valence-corrected chi connectivity index (χ1v) is 9.44. The molecule has 1 aromatic rings. The molecule has 1 saturated carbocycles. The van der Waals surface area contributed by atoms with Gasteiger partial charge in [-0.25, -0.2) is 4.79 Å². The number of nitrogens with zero attached hydrogens (tertiary/aromatic N) is 1. The predicted molar refractivity (Wildman–Crippen MR) is 97.8 cm³/mol. The van der Waals surface area contributed by atoms with E-state index in [9.17, 15) is 9.90 Å². The van der Waals surface area contributed by atoms with Gasteiger partial charge in [-0.05, 0) is 43.4 Å². The minimum atomic E-state index is -0.606. The molecule has 1 aliphatic heterocycles. The van der Waals surface area contributed by atoms with Gasteiger partial charge >= 0.3 is 6.03 Å². The SMILES string of the molecule is O=C(Nc1cc(Cl)cc(Cl)c1)N1CCC(O)(CC2CCCC2)CC1. The van der Waals surface area contributed by atoms with Crippen LogP contribution in [0.15, 0.2) is 18.2 Å². The Morgan fingerprint density at radius 2 is 1.75 bits per heavy atom. The van der Waals surface area contributed by atoms with Gasteiger partial charge in [-0.1, -0.05) is 48.9 Å². The fourth-order valence-corrected chi connectivity index (χ4v) is 4.44. The van der Waals surface area contributed by atoms with Crippen LogP contribution in [-0.2, 0) is 0 Å². The lowest BCUT2D eigenvalue weighted by Gasteiger charge is -2.39. The number of hydrogen-bond acceptors (Lipinski definition) is 2. The molecule has 2 aliphatic rings. The molecule has 1 heterocycles. The number of amides is 2. The smallest absolute Gasteiger partial charge is 0.321 e. The molecular weight excluding hydrogens is 347 g/mol. The number of rotatable bonds is 3. The molecule has 24 heavy (non-hydrogen) atoms. The molecule has 0 unspecified atom stereocenters. The highest BCUT2D eigenvalue weighted by molar-refractivity contribution is 6.35. The molecule has 132 valence electrons. The van der Waals surface area contributed by atoms with Crippen molar-refractivity contribution in [3.05, 3.63) is 28.2 Å². The van der Waals surface area contributed by atoms with Gasteiger partial charge in [-0.3, -0.25) is 0 Å². The summed E-state index contributed by atoms with van der Waals surface area (Å²) in [6.07, 6.45) is 7.23. The zero-order valence-corrected chi connectivity index (χ0v) is 15.2. The minimum absolute atomic E-state index is 0.170. The number of benzene rings is 1. The molecular formula is C18H24Cl2N2O2. The standard InChI is InChI=1S/C18H24Cl2N2O2/c19-14-9-15(20)11-16(10-14)21-17(23)22-7-5-18(24,6-8-22)12-13-3-1-2-4-13/h9-11,13,24H,1-8,12H2,(H,21,23). The highest BCUT2D eigenvalue weighted by Gasteiger charge is 2.36. The van der Waals surface area contributed by atoms with Crippen LogP contribution in [0, 0.1) is 5.92 Å². The normalized spacial score (nSPS) is 21.0. The lowest BCUT2D eigenvalue weighted by atomic mass is 9.82. The average Bonchev–Trinajstić information content (AvgIpc) is 2.99. The second-order valence-electron chi connectivity index (χ2n) is 7.15. The van der Waals surface area contributed by atoms with Crippen molar-refractivity contribution in [2.24, 2.45) is 5.92 Å². The molecule has 0 bridgehead atoms. The van der Waals surface area contributed by atoms with Gasteiger partial charge in [0.1, 0.15) is 0 Å². The Balaban J connectivity index is 1.52. The highest BCUT2D eigenvalue weighted by Crippen LogP contribution is 2.36. The van der Waals surface area contributed by atoms with Crippen LogP contribution in [0.3, 0.4) is 0 Å². The van der Waals surface area contributed by atoms with Crippen molar-refractivity contribution in [3.8, 4) is 0 Å². The van der Waals surface area contributed by atoms with Crippen molar-refractivity contribution in [3.63, 3.8) is 0 Å². The number of likely N-dealkylation sites (tertiary alicyclic amines) is 1. The Kier molecular flexibility index (Phi) is 5.58. The molecule has 1 saturated heterocycles. The molecule has 6 heteroatoms. The van der Waals surface area contributed by atoms with E-state index < -0.39 is 5.60 Å². The fourth-order valence-electron chi connectivity index (χ4n) is 3.91. The summed E-state index contributed by atoms with van der Waals surface area (Å²) in [6.45, 7) is 1.15. The van der Waals surface area contributed by atoms with Crippen molar-refractivity contribution in [1.82, 2.24) is 4.90 Å². The molecule has 4 nitrogen and oxygen atoms in total. The summed E-state index contributed by atoms with van der Waals surface area (Å²) in [4.78, 5) is 14.1. The van der Waals surface area contributed by atoms with Crippen molar-refractivity contribution in [2.45, 2.75) is 50.5 Å². The van der Waals surface area contributed by atoms with Crippen LogP contribution in [0.4, 0.5) is 10.5 Å². The summed E-state index contributed by atoms with van der Waals surface area (Å²) >= 11 is 11.9. The number of carbonyl (C=O) groups excluding carboxylic acids is 1. The summed E-state index contributed by atoms with van der Waals surface area (Å²) in [5, 5.41) is 14.6. The van der Waals surface area contributed by atoms with Crippen molar-refractivity contribution >= 4 is 34.9 Å². The number of nitrogens with one attached hydrogen (secondary N) is 1. The second kappa shape index (κ2) is 7.51. The number of carbonyl (C=O) groups is 1. The molecule has 2 N–H and O–H groups in total. The van der Waals surface area contributed by atoms with Crippen LogP contribution in [0.5, 0.6) is 0 Å². The molecule has 0 radical (unpaired) electrons. The molecule has 2 fully saturated rings. The zero-order valence-electron chi connectivity index (χ0n) is 13.7. The molecule has 1 aromatic carbocycles. The van der Waals surface area contributed by atoms with Gasteiger partial charge in [0.25, 0.3) is 0 Å². The Morgan fingerprint density at radius 3 is 2.33 bits per heavy atom. The lowest BCUT2D eigenvalue weighted by Crippen LogP contribution is -2.48. The van der Waals surface area contributed by atoms with E-state index in [4.69, 9.17) is 23.2 Å². The van der Waals surface area contributed by atoms with Gasteiger partial charge in [0.15, 0.2) is 0 Å². The first-order chi connectivity index (χ1) is 11.4. The van der Waals surface area contributed by atoms with Crippen LogP contribution < -0.4 is 5.32 Å². The maximum absolute atomic E-state index is 12.4. The first-order valence-electron chi connectivity index (χ1n) is 8.68. The van der Waals surface area contributed by atoms with Crippen molar-refractivity contribution in [1.29, 1.82) is 0 Å². The van der Waals surface area contributed by atoms with E-state index in [1.165, 1.54) is 25.7 Å². The van der Waals surface area contributed by atoms with Crippen LogP contribution >= 0.6 is 23.2 Å². The third-order valence-corrected chi connectivity index (χ3v) is 5.68. The lowest BCUT2D eigenvalue weighted by molar-refractivity contribution is -0.0295. The minimum Gasteiger partial charge on any atom is -0.390 e. The zero-order chi connectivity index (χ0) is 17.2. The Morgan fingerprint density at radius 1 is 1.17 bits per heavy atom. The van der Waals surface area contributed by atoms with Crippen LogP contribution in [0.25, 0.3) is 0 Å². The maximum atomic E-state index is 12.4. The summed E-state index contributed by atoms with van der Waals surface area (Å²) in [5.41, 5.74) is -0.0187. The summed E-state index contributed by atoms with van der Waals surface area (Å²) in [7, 11) is 0. The Labute approximate surface area is 153 Å². The third kappa shape index (κ3) is 4.56. The Bertz CT molecular complexity index is 574. The number of piperidine rings is 1. The first kappa shape index (κ1) is 17.8. The van der Waals surface area contributed by atoms with Crippen LogP contribution in [0.1, 0.15) is 44.9 Å². The molecule has 0 atom stereocenters. The Hall–Kier alpha value is -0.970. The van der Waals surface area contributed by atoms with Gasteiger partial charge in [0, 0.05) is 28.8 Å². The number of urea groups is 1. The monoisotopic (exact) mass is 370 g/mol. The van der Waals surface area contributed by atoms with Gasteiger partial charge < -0.3 is 15.3 Å². The third-order valence-electron chi connectivity index (χ3n) is 5.24. The summed E-state index contributed by atoms with van der Waals surface area (Å²) in [5.74, 6) is 0.656. The van der Waals surface area contributed by atoms with Crippen molar-refractivity contribution in [2.75, 3.05) is 18.4 Å². The molecule has 1 aliphatic carbocycles. The van der Waals surface area contributed by atoms with E-state index in [2.05, 4.69) is 5.32 Å². The van der Waals surface area contributed by atoms with E-state index >= 15 is 0 Å². The summed E-state index contributed by atoms with van der Waals surface area (Å²) < 4.78 is 0. The maximum Gasteiger partial charge on any atom is 0.321 e. The highest BCUT2D eigenvalue weighted by atomic mass is 35.5. The van der Waals surface area contributed by atoms with E-state index in [1.807, 2.05) is 0 Å². The number of hydrogen-bond donors (Lipinski definition) is 2. The van der Waals surface area contributed by atoms with Gasteiger partial charge in [0.05, 0.1) is 5.60 Å². The number of anilines is 1. The van der Waals surface area contributed by atoms with E-state index in [1.54, 1.807) is 23.1 Å². The van der Waals surface area contributed by atoms with E-state index in [-0.39, 0.29) is 6.03 Å². The second-order valence-corrected chi connectivity index (χ2v) is 8.03. The quantitative estimate of drug-likeness (QED) is 0.791. The fraction of sp³-hybridized carbons (Fsp3) is 0.611. The topological polar surface area (TPSA) is 52.6 Å². The molecule has 2 amide bonds. The van der Waals surface area contributed by atoms with E-state index in [0.29, 0.717) is 47.6 Å². The van der Waals surface area contributed by atoms with Crippen molar-refractivity contribution < 1.29 is 9.90 Å². The summed E-state index contributed by atoms with van der Waals surface area (Å²) in [6, 6.07) is 4.80. The van der Waals surface area contributed by atoms with Gasteiger partial charge in [-0.2, -0.15) is 0 Å². The number of halogens is 2. The van der Waals surface area contributed by atoms with E-state index in [0.717, 1.165) is 6.42 Å². The average molecular weight is 371 g/mol.